The number of nitrogens with zero attached hydrogens (tertiary/aromatic N) is 2. The molecule has 1 saturated carbocycles. The van der Waals surface area contributed by atoms with E-state index in [-0.39, 0.29) is 17.9 Å². The van der Waals surface area contributed by atoms with Gasteiger partial charge in [-0.3, -0.25) is 14.5 Å². The molecule has 2 amide bonds. The molecular formula is C26H47FN6O2+2. The molecular weight excluding hydrogens is 447 g/mol. The normalized spacial score (nSPS) is 38.7. The fraction of sp³-hybridized carbons (Fsp3) is 0.923. The highest BCUT2D eigenvalue weighted by Crippen LogP contribution is 2.26. The van der Waals surface area contributed by atoms with Crippen LogP contribution in [0, 0.1) is 5.92 Å². The van der Waals surface area contributed by atoms with Crippen LogP contribution in [0.15, 0.2) is 0 Å². The van der Waals surface area contributed by atoms with E-state index in [2.05, 4.69) is 25.8 Å². The fourth-order valence-corrected chi connectivity index (χ4v) is 7.27. The van der Waals surface area contributed by atoms with Crippen LogP contribution in [-0.4, -0.2) is 104 Å². The monoisotopic (exact) mass is 494 g/mol. The van der Waals surface area contributed by atoms with Crippen molar-refractivity contribution in [1.82, 2.24) is 20.4 Å². The lowest BCUT2D eigenvalue weighted by atomic mass is 9.88. The molecule has 198 valence electrons. The number of piperidine rings is 1. The Bertz CT molecular complexity index is 719. The van der Waals surface area contributed by atoms with Crippen LogP contribution in [0.3, 0.4) is 0 Å². The molecule has 0 bridgehead atoms. The van der Waals surface area contributed by atoms with E-state index in [0.29, 0.717) is 50.0 Å². The second-order valence-electron chi connectivity index (χ2n) is 11.8. The second kappa shape index (κ2) is 11.8. The molecule has 5 atom stereocenters. The van der Waals surface area contributed by atoms with E-state index < -0.39 is 6.17 Å². The standard InChI is InChI=1S/C26H45FN6O2/c27-20-6-4-19(5-7-20)16-29-21-15-23-26(35)30-17-22(33(23)18-21)8-9-25(34)32-13-11-31(12-14-32)24-3-1-2-10-28-24/h19-24,28-29H,1-18H2,(H,30,35)/p+2/t19?,20?,21-,22-,23+,24?/m0/s1. The summed E-state index contributed by atoms with van der Waals surface area (Å²) >= 11 is 0. The van der Waals surface area contributed by atoms with E-state index in [9.17, 15) is 14.0 Å². The number of hydrogen-bond donors (Lipinski definition) is 4. The number of amides is 2. The lowest BCUT2D eigenvalue weighted by molar-refractivity contribution is -0.930. The Morgan fingerprint density at radius 1 is 1.11 bits per heavy atom. The predicted molar refractivity (Wildman–Crippen MR) is 131 cm³/mol. The number of piperazine rings is 2. The van der Waals surface area contributed by atoms with E-state index in [1.54, 1.807) is 0 Å². The third kappa shape index (κ3) is 6.35. The van der Waals surface area contributed by atoms with Gasteiger partial charge in [0.2, 0.25) is 5.91 Å². The first-order valence-electron chi connectivity index (χ1n) is 14.4. The first kappa shape index (κ1) is 25.4. The summed E-state index contributed by atoms with van der Waals surface area (Å²) in [5.74, 6) is 1.01. The molecule has 0 aromatic heterocycles. The maximum Gasteiger partial charge on any atom is 0.278 e. The van der Waals surface area contributed by atoms with Gasteiger partial charge in [0.1, 0.15) is 18.4 Å². The predicted octanol–water partition coefficient (Wildman–Crippen LogP) is -1.37. The van der Waals surface area contributed by atoms with Crippen LogP contribution in [-0.2, 0) is 9.59 Å². The first-order chi connectivity index (χ1) is 17.1. The van der Waals surface area contributed by atoms with Gasteiger partial charge in [0.15, 0.2) is 6.04 Å². The number of fused-ring (bicyclic) bond motifs is 1. The molecule has 5 rings (SSSR count). The van der Waals surface area contributed by atoms with Crippen molar-refractivity contribution in [2.24, 2.45) is 5.92 Å². The lowest BCUT2D eigenvalue weighted by Crippen LogP contribution is -3.21. The summed E-state index contributed by atoms with van der Waals surface area (Å²) in [5, 5.41) is 9.30. The number of carbonyl (C=O) groups is 2. The Kier molecular flexibility index (Phi) is 8.58. The SMILES string of the molecule is O=C1NC[C@H](CCC(=O)N2CCN(C3CCCC[NH2+]3)CC2)[NH+]2C[C@@H](NCC3CCC(F)CC3)C[C@H]12. The molecule has 0 aromatic rings. The van der Waals surface area contributed by atoms with Gasteiger partial charge in [-0.25, -0.2) is 4.39 Å². The Morgan fingerprint density at radius 2 is 1.91 bits per heavy atom. The number of quaternary nitrogens is 2. The zero-order chi connectivity index (χ0) is 24.2. The molecule has 0 aromatic carbocycles. The van der Waals surface area contributed by atoms with Gasteiger partial charge < -0.3 is 25.8 Å². The van der Waals surface area contributed by atoms with E-state index in [1.807, 2.05) is 0 Å². The topological polar surface area (TPSA) is 85.7 Å². The maximum atomic E-state index is 13.4. The van der Waals surface area contributed by atoms with Crippen LogP contribution in [0.4, 0.5) is 4.39 Å². The van der Waals surface area contributed by atoms with E-state index in [0.717, 1.165) is 65.0 Å². The largest absolute Gasteiger partial charge is 0.345 e. The summed E-state index contributed by atoms with van der Waals surface area (Å²) in [5.41, 5.74) is 0. The highest BCUT2D eigenvalue weighted by atomic mass is 19.1. The molecule has 4 aliphatic heterocycles. The second-order valence-corrected chi connectivity index (χ2v) is 11.8. The number of carbonyl (C=O) groups excluding carboxylic acids is 2. The van der Waals surface area contributed by atoms with Crippen molar-refractivity contribution in [3.8, 4) is 0 Å². The van der Waals surface area contributed by atoms with Gasteiger partial charge in [0, 0.05) is 51.9 Å². The first-order valence-corrected chi connectivity index (χ1v) is 14.4. The van der Waals surface area contributed by atoms with Crippen molar-refractivity contribution in [2.75, 3.05) is 52.4 Å². The molecule has 2 unspecified atom stereocenters. The van der Waals surface area contributed by atoms with Crippen molar-refractivity contribution in [1.29, 1.82) is 0 Å². The molecule has 4 saturated heterocycles. The summed E-state index contributed by atoms with van der Waals surface area (Å²) in [6, 6.07) is 0.650. The van der Waals surface area contributed by atoms with E-state index >= 15 is 0 Å². The quantitative estimate of drug-likeness (QED) is 0.352. The summed E-state index contributed by atoms with van der Waals surface area (Å²) in [6.45, 7) is 7.48. The number of alkyl halides is 1. The molecule has 4 heterocycles. The van der Waals surface area contributed by atoms with Gasteiger partial charge in [-0.1, -0.05) is 0 Å². The summed E-state index contributed by atoms with van der Waals surface area (Å²) in [7, 11) is 0. The maximum absolute atomic E-state index is 13.4. The minimum absolute atomic E-state index is 0.00165. The number of rotatable bonds is 7. The molecule has 0 spiro atoms. The highest BCUT2D eigenvalue weighted by molar-refractivity contribution is 5.81. The van der Waals surface area contributed by atoms with Gasteiger partial charge in [-0.15, -0.1) is 0 Å². The average Bonchev–Trinajstić information content (AvgIpc) is 3.34. The van der Waals surface area contributed by atoms with E-state index in [4.69, 9.17) is 0 Å². The van der Waals surface area contributed by atoms with Crippen LogP contribution < -0.4 is 20.9 Å². The third-order valence-corrected chi connectivity index (χ3v) is 9.52. The summed E-state index contributed by atoms with van der Waals surface area (Å²) in [4.78, 5) is 31.6. The smallest absolute Gasteiger partial charge is 0.278 e. The van der Waals surface area contributed by atoms with Crippen molar-refractivity contribution >= 4 is 11.8 Å². The third-order valence-electron chi connectivity index (χ3n) is 9.52. The minimum atomic E-state index is -0.609. The average molecular weight is 495 g/mol. The van der Waals surface area contributed by atoms with Gasteiger partial charge in [0.05, 0.1) is 25.7 Å². The fourth-order valence-electron chi connectivity index (χ4n) is 7.27. The molecule has 1 aliphatic carbocycles. The van der Waals surface area contributed by atoms with Crippen molar-refractivity contribution in [3.63, 3.8) is 0 Å². The summed E-state index contributed by atoms with van der Waals surface area (Å²) in [6.07, 6.45) is 9.56. The van der Waals surface area contributed by atoms with Crippen molar-refractivity contribution in [2.45, 2.75) is 94.7 Å². The van der Waals surface area contributed by atoms with E-state index in [1.165, 1.54) is 30.7 Å². The van der Waals surface area contributed by atoms with Gasteiger partial charge >= 0.3 is 0 Å². The Morgan fingerprint density at radius 3 is 2.66 bits per heavy atom. The molecule has 5 fully saturated rings. The number of nitrogens with two attached hydrogens (primary N) is 1. The van der Waals surface area contributed by atoms with Crippen LogP contribution in [0.5, 0.6) is 0 Å². The van der Waals surface area contributed by atoms with Crippen LogP contribution >= 0.6 is 0 Å². The van der Waals surface area contributed by atoms with Crippen molar-refractivity contribution in [3.05, 3.63) is 0 Å². The van der Waals surface area contributed by atoms with Gasteiger partial charge in [-0.05, 0) is 51.0 Å². The van der Waals surface area contributed by atoms with Crippen molar-refractivity contribution < 1.29 is 24.2 Å². The van der Waals surface area contributed by atoms with Crippen LogP contribution in [0.1, 0.15) is 64.2 Å². The van der Waals surface area contributed by atoms with Gasteiger partial charge in [-0.2, -0.15) is 0 Å². The Balaban J connectivity index is 1.05. The zero-order valence-electron chi connectivity index (χ0n) is 21.4. The molecule has 8 nitrogen and oxygen atoms in total. The number of nitrogens with one attached hydrogen (secondary N) is 3. The Labute approximate surface area is 209 Å². The highest BCUT2D eigenvalue weighted by Gasteiger charge is 2.47. The van der Waals surface area contributed by atoms with Gasteiger partial charge in [0.25, 0.3) is 5.91 Å². The molecule has 5 N–H and O–H groups in total. The van der Waals surface area contributed by atoms with Crippen LogP contribution in [0.2, 0.25) is 0 Å². The minimum Gasteiger partial charge on any atom is -0.345 e. The summed E-state index contributed by atoms with van der Waals surface area (Å²) < 4.78 is 13.4. The number of halogens is 1. The number of hydrogen-bond acceptors (Lipinski definition) is 4. The molecule has 0 radical (unpaired) electrons. The molecule has 35 heavy (non-hydrogen) atoms. The Hall–Kier alpha value is -1.29. The van der Waals surface area contributed by atoms with Crippen LogP contribution in [0.25, 0.3) is 0 Å². The molecule has 5 aliphatic rings. The lowest BCUT2D eigenvalue weighted by Gasteiger charge is -2.39. The zero-order valence-corrected chi connectivity index (χ0v) is 21.4. The molecule has 9 heteroatoms.